The maximum Gasteiger partial charge on any atom is 0.251 e. The van der Waals surface area contributed by atoms with Gasteiger partial charge < -0.3 is 16.4 Å². The Kier molecular flexibility index (Phi) is 4.35. The standard InChI is InChI=1S/C13H16N4OS/c1-15-13(18)9-2-3-10(14)11(8-9)16-5-4-12-17-6-7-19-12/h2-3,6-8,16H,4-5,14H2,1H3,(H,15,18). The predicted octanol–water partition coefficient (Wildman–Crippen LogP) is 1.74. The molecule has 0 radical (unpaired) electrons. The molecule has 100 valence electrons. The number of rotatable bonds is 5. The number of nitrogens with zero attached hydrogens (tertiary/aromatic N) is 1. The molecule has 2 rings (SSSR count). The summed E-state index contributed by atoms with van der Waals surface area (Å²) in [5.74, 6) is -0.122. The molecule has 1 aromatic heterocycles. The number of nitrogen functional groups attached to an aromatic ring is 1. The average molecular weight is 276 g/mol. The van der Waals surface area contributed by atoms with Crippen molar-refractivity contribution in [1.82, 2.24) is 10.3 Å². The van der Waals surface area contributed by atoms with Gasteiger partial charge in [0.1, 0.15) is 0 Å². The van der Waals surface area contributed by atoms with Crippen molar-refractivity contribution < 1.29 is 4.79 Å². The van der Waals surface area contributed by atoms with Crippen LogP contribution in [0.5, 0.6) is 0 Å². The Balaban J connectivity index is 2.00. The normalized spacial score (nSPS) is 10.2. The minimum absolute atomic E-state index is 0.122. The SMILES string of the molecule is CNC(=O)c1ccc(N)c(NCCc2nccs2)c1. The number of benzene rings is 1. The summed E-state index contributed by atoms with van der Waals surface area (Å²) in [6.45, 7) is 0.731. The molecule has 0 aliphatic heterocycles. The lowest BCUT2D eigenvalue weighted by Gasteiger charge is -2.10. The van der Waals surface area contributed by atoms with E-state index in [-0.39, 0.29) is 5.91 Å². The van der Waals surface area contributed by atoms with Gasteiger partial charge >= 0.3 is 0 Å². The number of hydrogen-bond donors (Lipinski definition) is 3. The van der Waals surface area contributed by atoms with Crippen molar-refractivity contribution in [3.8, 4) is 0 Å². The lowest BCUT2D eigenvalue weighted by Crippen LogP contribution is -2.18. The molecule has 6 heteroatoms. The van der Waals surface area contributed by atoms with Crippen LogP contribution in [0.15, 0.2) is 29.8 Å². The van der Waals surface area contributed by atoms with Crippen molar-refractivity contribution in [1.29, 1.82) is 0 Å². The molecule has 0 unspecified atom stereocenters. The molecule has 4 N–H and O–H groups in total. The van der Waals surface area contributed by atoms with Gasteiger partial charge in [-0.15, -0.1) is 11.3 Å². The van der Waals surface area contributed by atoms with Gasteiger partial charge in [-0.1, -0.05) is 0 Å². The zero-order chi connectivity index (χ0) is 13.7. The number of hydrogen-bond acceptors (Lipinski definition) is 5. The van der Waals surface area contributed by atoms with Crippen molar-refractivity contribution in [3.05, 3.63) is 40.3 Å². The van der Waals surface area contributed by atoms with Gasteiger partial charge in [0.15, 0.2) is 0 Å². The Bertz CT molecular complexity index is 554. The molecule has 0 saturated carbocycles. The van der Waals surface area contributed by atoms with Gasteiger partial charge in [-0.3, -0.25) is 4.79 Å². The van der Waals surface area contributed by atoms with E-state index in [1.165, 1.54) is 0 Å². The highest BCUT2D eigenvalue weighted by Crippen LogP contribution is 2.20. The van der Waals surface area contributed by atoms with Crippen molar-refractivity contribution in [3.63, 3.8) is 0 Å². The van der Waals surface area contributed by atoms with Gasteiger partial charge in [0, 0.05) is 37.2 Å². The molecule has 0 atom stereocenters. The monoisotopic (exact) mass is 276 g/mol. The Labute approximate surface area is 115 Å². The molecular formula is C13H16N4OS. The first-order valence-electron chi connectivity index (χ1n) is 5.94. The number of nitrogens with two attached hydrogens (primary N) is 1. The quantitative estimate of drug-likeness (QED) is 0.727. The highest BCUT2D eigenvalue weighted by atomic mass is 32.1. The first-order valence-corrected chi connectivity index (χ1v) is 6.82. The summed E-state index contributed by atoms with van der Waals surface area (Å²) < 4.78 is 0. The zero-order valence-corrected chi connectivity index (χ0v) is 11.5. The molecular weight excluding hydrogens is 260 g/mol. The van der Waals surface area contributed by atoms with Crippen LogP contribution >= 0.6 is 11.3 Å². The van der Waals surface area contributed by atoms with E-state index in [4.69, 9.17) is 5.73 Å². The molecule has 19 heavy (non-hydrogen) atoms. The van der Waals surface area contributed by atoms with E-state index >= 15 is 0 Å². The molecule has 0 spiro atoms. The van der Waals surface area contributed by atoms with Crippen LogP contribution in [0, 0.1) is 0 Å². The summed E-state index contributed by atoms with van der Waals surface area (Å²) in [6, 6.07) is 5.20. The Morgan fingerprint density at radius 3 is 3.00 bits per heavy atom. The molecule has 0 saturated heterocycles. The molecule has 0 fully saturated rings. The van der Waals surface area contributed by atoms with Crippen molar-refractivity contribution >= 4 is 28.6 Å². The van der Waals surface area contributed by atoms with E-state index in [0.29, 0.717) is 11.3 Å². The smallest absolute Gasteiger partial charge is 0.251 e. The molecule has 5 nitrogen and oxygen atoms in total. The van der Waals surface area contributed by atoms with Gasteiger partial charge in [0.2, 0.25) is 0 Å². The van der Waals surface area contributed by atoms with Gasteiger partial charge in [-0.25, -0.2) is 4.98 Å². The van der Waals surface area contributed by atoms with Crippen LogP contribution in [-0.2, 0) is 6.42 Å². The summed E-state index contributed by atoms with van der Waals surface area (Å²) >= 11 is 1.63. The third-order valence-corrected chi connectivity index (χ3v) is 3.52. The second-order valence-electron chi connectivity index (χ2n) is 3.98. The molecule has 0 bridgehead atoms. The maximum absolute atomic E-state index is 11.5. The van der Waals surface area contributed by atoms with Crippen LogP contribution in [0.1, 0.15) is 15.4 Å². The second-order valence-corrected chi connectivity index (χ2v) is 4.96. The number of amides is 1. The molecule has 0 aliphatic rings. The first kappa shape index (κ1) is 13.4. The predicted molar refractivity (Wildman–Crippen MR) is 78.6 cm³/mol. The molecule has 1 aromatic carbocycles. The van der Waals surface area contributed by atoms with Gasteiger partial charge in [0.05, 0.1) is 16.4 Å². The fourth-order valence-electron chi connectivity index (χ4n) is 1.68. The maximum atomic E-state index is 11.5. The van der Waals surface area contributed by atoms with E-state index in [9.17, 15) is 4.79 Å². The fourth-order valence-corrected chi connectivity index (χ4v) is 2.30. The van der Waals surface area contributed by atoms with E-state index in [2.05, 4.69) is 15.6 Å². The fraction of sp³-hybridized carbons (Fsp3) is 0.231. The first-order chi connectivity index (χ1) is 9.20. The topological polar surface area (TPSA) is 80.0 Å². The van der Waals surface area contributed by atoms with Crippen molar-refractivity contribution in [2.45, 2.75) is 6.42 Å². The largest absolute Gasteiger partial charge is 0.397 e. The van der Waals surface area contributed by atoms with E-state index in [1.54, 1.807) is 42.8 Å². The number of carbonyl (C=O) groups excluding carboxylic acids is 1. The molecule has 1 amide bonds. The summed E-state index contributed by atoms with van der Waals surface area (Å²) in [6.07, 6.45) is 2.63. The van der Waals surface area contributed by atoms with Crippen LogP contribution < -0.4 is 16.4 Å². The molecule has 2 aromatic rings. The number of anilines is 2. The second kappa shape index (κ2) is 6.19. The van der Waals surface area contributed by atoms with Gasteiger partial charge in [-0.05, 0) is 18.2 Å². The third-order valence-electron chi connectivity index (χ3n) is 2.68. The third kappa shape index (κ3) is 3.45. The summed E-state index contributed by atoms with van der Waals surface area (Å²) in [4.78, 5) is 15.8. The molecule has 0 aliphatic carbocycles. The van der Waals surface area contributed by atoms with Crippen LogP contribution in [0.4, 0.5) is 11.4 Å². The van der Waals surface area contributed by atoms with E-state index in [1.807, 2.05) is 5.38 Å². The summed E-state index contributed by atoms with van der Waals surface area (Å²) in [7, 11) is 1.61. The van der Waals surface area contributed by atoms with E-state index < -0.39 is 0 Å². The minimum atomic E-state index is -0.122. The highest BCUT2D eigenvalue weighted by Gasteiger charge is 2.06. The van der Waals surface area contributed by atoms with Crippen LogP contribution in [0.3, 0.4) is 0 Å². The van der Waals surface area contributed by atoms with E-state index in [0.717, 1.165) is 23.7 Å². The zero-order valence-electron chi connectivity index (χ0n) is 10.6. The van der Waals surface area contributed by atoms with Crippen LogP contribution in [-0.4, -0.2) is 24.5 Å². The number of carbonyl (C=O) groups is 1. The number of thiazole rings is 1. The van der Waals surface area contributed by atoms with Gasteiger partial charge in [-0.2, -0.15) is 0 Å². The lowest BCUT2D eigenvalue weighted by atomic mass is 10.1. The van der Waals surface area contributed by atoms with Crippen LogP contribution in [0.25, 0.3) is 0 Å². The van der Waals surface area contributed by atoms with Crippen molar-refractivity contribution in [2.75, 3.05) is 24.6 Å². The van der Waals surface area contributed by atoms with Gasteiger partial charge in [0.25, 0.3) is 5.91 Å². The minimum Gasteiger partial charge on any atom is -0.397 e. The van der Waals surface area contributed by atoms with Crippen LogP contribution in [0.2, 0.25) is 0 Å². The average Bonchev–Trinajstić information content (AvgIpc) is 2.93. The number of aromatic nitrogens is 1. The highest BCUT2D eigenvalue weighted by molar-refractivity contribution is 7.09. The Morgan fingerprint density at radius 1 is 1.47 bits per heavy atom. The lowest BCUT2D eigenvalue weighted by molar-refractivity contribution is 0.0963. The number of nitrogens with one attached hydrogen (secondary N) is 2. The Hall–Kier alpha value is -2.08. The summed E-state index contributed by atoms with van der Waals surface area (Å²) in [5.41, 5.74) is 7.88. The van der Waals surface area contributed by atoms with Crippen molar-refractivity contribution in [2.24, 2.45) is 0 Å². The Morgan fingerprint density at radius 2 is 2.32 bits per heavy atom. The summed E-state index contributed by atoms with van der Waals surface area (Å²) in [5, 5.41) is 8.85. The molecule has 1 heterocycles.